The summed E-state index contributed by atoms with van der Waals surface area (Å²) in [5, 5.41) is 10.6. The minimum atomic E-state index is -3.76. The van der Waals surface area contributed by atoms with Crippen LogP contribution in [-0.4, -0.2) is 66.2 Å². The van der Waals surface area contributed by atoms with E-state index >= 15 is 0 Å². The molecule has 0 radical (unpaired) electrons. The van der Waals surface area contributed by atoms with Crippen LogP contribution in [0.1, 0.15) is 0 Å². The van der Waals surface area contributed by atoms with E-state index in [4.69, 9.17) is 23.1 Å². The van der Waals surface area contributed by atoms with Gasteiger partial charge in [-0.2, -0.15) is 8.42 Å². The van der Waals surface area contributed by atoms with Crippen molar-refractivity contribution in [1.82, 2.24) is 0 Å². The van der Waals surface area contributed by atoms with Gasteiger partial charge < -0.3 is 18.9 Å². The summed E-state index contributed by atoms with van der Waals surface area (Å²) >= 11 is 0. The van der Waals surface area contributed by atoms with Crippen LogP contribution in [0.15, 0.2) is 59.5 Å². The van der Waals surface area contributed by atoms with E-state index in [1.54, 1.807) is 18.2 Å². The summed E-state index contributed by atoms with van der Waals surface area (Å²) in [5.74, 6) is 0.531. The number of non-ortho nitro benzene ring substituents is 1. The van der Waals surface area contributed by atoms with E-state index in [9.17, 15) is 18.5 Å². The Kier molecular flexibility index (Phi) is 10.9. The van der Waals surface area contributed by atoms with Gasteiger partial charge in [0.05, 0.1) is 56.1 Å². The lowest BCUT2D eigenvalue weighted by molar-refractivity contribution is -0.384. The van der Waals surface area contributed by atoms with Crippen LogP contribution in [0.25, 0.3) is 0 Å². The molecule has 0 N–H and O–H groups in total. The number of ether oxygens (including phenoxy) is 4. The predicted octanol–water partition coefficient (Wildman–Crippen LogP) is 2.43. The van der Waals surface area contributed by atoms with Gasteiger partial charge in [0.15, 0.2) is 0 Å². The van der Waals surface area contributed by atoms with Crippen molar-refractivity contribution in [3.63, 3.8) is 0 Å². The Balaban J connectivity index is 1.39. The maximum absolute atomic E-state index is 11.9. The molecule has 0 saturated carbocycles. The van der Waals surface area contributed by atoms with Crippen LogP contribution in [-0.2, 0) is 28.5 Å². The molecule has 0 saturated heterocycles. The first-order valence-electron chi connectivity index (χ1n) is 9.54. The first-order chi connectivity index (χ1) is 15.0. The quantitative estimate of drug-likeness (QED) is 0.162. The van der Waals surface area contributed by atoms with Crippen molar-refractivity contribution in [3.8, 4) is 5.75 Å². The molecule has 10 nitrogen and oxygen atoms in total. The highest BCUT2D eigenvalue weighted by Gasteiger charge is 2.13. The lowest BCUT2D eigenvalue weighted by atomic mass is 10.3. The molecule has 31 heavy (non-hydrogen) atoms. The SMILES string of the molecule is O=[N+]([O-])c1ccc(OCCOCCOCCOCCOS(=O)(=O)c2ccccc2)cc1. The predicted molar refractivity (Wildman–Crippen MR) is 111 cm³/mol. The maximum atomic E-state index is 11.9. The molecule has 0 atom stereocenters. The first-order valence-corrected chi connectivity index (χ1v) is 10.9. The highest BCUT2D eigenvalue weighted by atomic mass is 32.2. The average Bonchev–Trinajstić information content (AvgIpc) is 2.78. The Hall–Kier alpha value is -2.57. The Morgan fingerprint density at radius 1 is 0.710 bits per heavy atom. The third-order valence-corrected chi connectivity index (χ3v) is 5.11. The minimum Gasteiger partial charge on any atom is -0.491 e. The van der Waals surface area contributed by atoms with Crippen molar-refractivity contribution < 1.29 is 36.5 Å². The van der Waals surface area contributed by atoms with Crippen molar-refractivity contribution in [2.75, 3.05) is 52.9 Å². The molecule has 0 aromatic heterocycles. The third-order valence-electron chi connectivity index (χ3n) is 3.79. The highest BCUT2D eigenvalue weighted by Crippen LogP contribution is 2.17. The number of benzene rings is 2. The number of nitro groups is 1. The Labute approximate surface area is 180 Å². The molecular weight excluding hydrogens is 430 g/mol. The van der Waals surface area contributed by atoms with E-state index in [1.807, 2.05) is 0 Å². The van der Waals surface area contributed by atoms with Crippen LogP contribution in [0.5, 0.6) is 5.75 Å². The lowest BCUT2D eigenvalue weighted by Gasteiger charge is -2.08. The van der Waals surface area contributed by atoms with Crippen LogP contribution in [0.4, 0.5) is 5.69 Å². The van der Waals surface area contributed by atoms with Gasteiger partial charge in [0.25, 0.3) is 15.8 Å². The van der Waals surface area contributed by atoms with Gasteiger partial charge in [-0.05, 0) is 24.3 Å². The topological polar surface area (TPSA) is 123 Å². The van der Waals surface area contributed by atoms with E-state index in [0.717, 1.165) is 0 Å². The fourth-order valence-corrected chi connectivity index (χ4v) is 3.20. The molecule has 0 aliphatic carbocycles. The van der Waals surface area contributed by atoms with Crippen LogP contribution in [0.2, 0.25) is 0 Å². The number of hydrogen-bond donors (Lipinski definition) is 0. The van der Waals surface area contributed by atoms with Gasteiger partial charge in [-0.25, -0.2) is 0 Å². The van der Waals surface area contributed by atoms with Gasteiger partial charge in [-0.1, -0.05) is 18.2 Å². The molecule has 0 fully saturated rings. The molecule has 2 aromatic rings. The van der Waals surface area contributed by atoms with Crippen molar-refractivity contribution >= 4 is 15.8 Å². The van der Waals surface area contributed by atoms with E-state index in [0.29, 0.717) is 45.4 Å². The lowest BCUT2D eigenvalue weighted by Crippen LogP contribution is -2.15. The Morgan fingerprint density at radius 2 is 1.23 bits per heavy atom. The molecule has 0 aliphatic rings. The van der Waals surface area contributed by atoms with Crippen molar-refractivity contribution in [3.05, 3.63) is 64.7 Å². The fourth-order valence-electron chi connectivity index (χ4n) is 2.28. The van der Waals surface area contributed by atoms with Gasteiger partial charge in [-0.3, -0.25) is 14.3 Å². The average molecular weight is 455 g/mol. The summed E-state index contributed by atoms with van der Waals surface area (Å²) in [5.41, 5.74) is 0.00877. The molecule has 0 unspecified atom stereocenters. The molecule has 2 rings (SSSR count). The van der Waals surface area contributed by atoms with E-state index in [-0.39, 0.29) is 23.8 Å². The normalized spacial score (nSPS) is 11.4. The fraction of sp³-hybridized carbons (Fsp3) is 0.400. The largest absolute Gasteiger partial charge is 0.491 e. The van der Waals surface area contributed by atoms with Crippen LogP contribution < -0.4 is 4.74 Å². The van der Waals surface area contributed by atoms with Crippen LogP contribution >= 0.6 is 0 Å². The maximum Gasteiger partial charge on any atom is 0.297 e. The van der Waals surface area contributed by atoms with Crippen LogP contribution in [0, 0.1) is 10.1 Å². The van der Waals surface area contributed by atoms with E-state index < -0.39 is 15.0 Å². The molecule has 0 amide bonds. The summed E-state index contributed by atoms with van der Waals surface area (Å²) in [6, 6.07) is 13.7. The summed E-state index contributed by atoms with van der Waals surface area (Å²) in [7, 11) is -3.76. The van der Waals surface area contributed by atoms with Gasteiger partial charge in [0.1, 0.15) is 12.4 Å². The number of rotatable bonds is 16. The van der Waals surface area contributed by atoms with Gasteiger partial charge in [0.2, 0.25) is 0 Å². The van der Waals surface area contributed by atoms with Gasteiger partial charge in [-0.15, -0.1) is 0 Å². The molecule has 0 aliphatic heterocycles. The van der Waals surface area contributed by atoms with E-state index in [1.165, 1.54) is 36.4 Å². The summed E-state index contributed by atoms with van der Waals surface area (Å²) in [6.45, 7) is 2.12. The zero-order chi connectivity index (χ0) is 22.4. The summed E-state index contributed by atoms with van der Waals surface area (Å²) < 4.78 is 50.0. The van der Waals surface area contributed by atoms with Gasteiger partial charge >= 0.3 is 0 Å². The Morgan fingerprint density at radius 3 is 1.77 bits per heavy atom. The zero-order valence-electron chi connectivity index (χ0n) is 16.9. The highest BCUT2D eigenvalue weighted by molar-refractivity contribution is 7.86. The Bertz CT molecular complexity index is 873. The molecule has 0 spiro atoms. The van der Waals surface area contributed by atoms with Crippen molar-refractivity contribution in [2.45, 2.75) is 4.90 Å². The van der Waals surface area contributed by atoms with Crippen LogP contribution in [0.3, 0.4) is 0 Å². The van der Waals surface area contributed by atoms with Crippen molar-refractivity contribution in [1.29, 1.82) is 0 Å². The summed E-state index contributed by atoms with van der Waals surface area (Å²) in [6.07, 6.45) is 0. The zero-order valence-corrected chi connectivity index (χ0v) is 17.7. The van der Waals surface area contributed by atoms with E-state index in [2.05, 4.69) is 0 Å². The minimum absolute atomic E-state index is 0.00877. The molecular formula is C20H25NO9S. The third kappa shape index (κ3) is 9.85. The molecule has 0 bridgehead atoms. The monoisotopic (exact) mass is 455 g/mol. The number of nitrogens with zero attached hydrogens (tertiary/aromatic N) is 1. The smallest absolute Gasteiger partial charge is 0.297 e. The summed E-state index contributed by atoms with van der Waals surface area (Å²) in [4.78, 5) is 10.2. The molecule has 0 heterocycles. The second-order valence-electron chi connectivity index (χ2n) is 6.03. The first kappa shape index (κ1) is 24.7. The number of hydrogen-bond acceptors (Lipinski definition) is 9. The second kappa shape index (κ2) is 13.7. The second-order valence-corrected chi connectivity index (χ2v) is 7.64. The standard InChI is InChI=1S/C20H25NO9S/c22-21(23)18-6-8-19(9-7-18)29-16-14-27-12-10-26-11-13-28-15-17-30-31(24,25)20-4-2-1-3-5-20/h1-9H,10-17H2. The number of nitro benzene ring substituents is 1. The molecule has 170 valence electrons. The van der Waals surface area contributed by atoms with Crippen molar-refractivity contribution in [2.24, 2.45) is 0 Å². The molecule has 11 heteroatoms. The van der Waals surface area contributed by atoms with Gasteiger partial charge in [0, 0.05) is 12.1 Å². The molecule has 2 aromatic carbocycles.